The molecule has 6 nitrogen and oxygen atoms in total. The number of likely N-dealkylation sites (tertiary alicyclic amines) is 1. The molecule has 2 rings (SSSR count). The smallest absolute Gasteiger partial charge is 0.224 e. The van der Waals surface area contributed by atoms with Crippen molar-refractivity contribution in [2.45, 2.75) is 52.2 Å². The van der Waals surface area contributed by atoms with Crippen molar-refractivity contribution in [3.63, 3.8) is 0 Å². The van der Waals surface area contributed by atoms with Crippen molar-refractivity contribution in [1.82, 2.24) is 4.90 Å². The SMILES string of the molecule is CC[C@]1(C)CN(C(=O)CCOC(C)(C)O)C[C@H]1c1ccc(OC)c(O)c1. The molecule has 0 bridgehead atoms. The molecule has 26 heavy (non-hydrogen) atoms. The topological polar surface area (TPSA) is 79.2 Å². The van der Waals surface area contributed by atoms with Gasteiger partial charge in [0.1, 0.15) is 0 Å². The number of aromatic hydroxyl groups is 1. The average molecular weight is 365 g/mol. The molecule has 0 aliphatic carbocycles. The van der Waals surface area contributed by atoms with Crippen LogP contribution in [0.4, 0.5) is 0 Å². The molecule has 0 unspecified atom stereocenters. The van der Waals surface area contributed by atoms with Gasteiger partial charge in [0.2, 0.25) is 5.91 Å². The predicted molar refractivity (Wildman–Crippen MR) is 99.2 cm³/mol. The molecule has 1 aromatic rings. The van der Waals surface area contributed by atoms with Crippen LogP contribution >= 0.6 is 0 Å². The zero-order valence-electron chi connectivity index (χ0n) is 16.4. The molecule has 2 N–H and O–H groups in total. The predicted octanol–water partition coefficient (Wildman–Crippen LogP) is 2.88. The van der Waals surface area contributed by atoms with Crippen LogP contribution in [0.25, 0.3) is 0 Å². The summed E-state index contributed by atoms with van der Waals surface area (Å²) in [6.07, 6.45) is 1.17. The van der Waals surface area contributed by atoms with Gasteiger partial charge in [-0.15, -0.1) is 0 Å². The largest absolute Gasteiger partial charge is 0.504 e. The molecule has 0 spiro atoms. The molecule has 146 valence electrons. The Kier molecular flexibility index (Phi) is 6.19. The summed E-state index contributed by atoms with van der Waals surface area (Å²) in [5, 5.41) is 19.7. The first-order valence-electron chi connectivity index (χ1n) is 9.10. The molecular formula is C20H31NO5. The Balaban J connectivity index is 2.11. The number of hydrogen-bond donors (Lipinski definition) is 2. The summed E-state index contributed by atoms with van der Waals surface area (Å²) in [4.78, 5) is 14.4. The molecular weight excluding hydrogens is 334 g/mol. The second-order valence-corrected chi connectivity index (χ2v) is 7.81. The van der Waals surface area contributed by atoms with E-state index in [1.54, 1.807) is 26.0 Å². The summed E-state index contributed by atoms with van der Waals surface area (Å²) >= 11 is 0. The van der Waals surface area contributed by atoms with Crippen molar-refractivity contribution >= 4 is 5.91 Å². The number of hydrogen-bond acceptors (Lipinski definition) is 5. The minimum absolute atomic E-state index is 0.0224. The lowest BCUT2D eigenvalue weighted by molar-refractivity contribution is -0.178. The van der Waals surface area contributed by atoms with E-state index in [0.29, 0.717) is 18.8 Å². The molecule has 0 saturated carbocycles. The fourth-order valence-corrected chi connectivity index (χ4v) is 3.58. The highest BCUT2D eigenvalue weighted by Gasteiger charge is 2.44. The number of rotatable bonds is 7. The van der Waals surface area contributed by atoms with E-state index in [1.807, 2.05) is 11.0 Å². The lowest BCUT2D eigenvalue weighted by Gasteiger charge is -2.29. The highest BCUT2D eigenvalue weighted by atomic mass is 16.6. The number of carbonyl (C=O) groups is 1. The van der Waals surface area contributed by atoms with Gasteiger partial charge in [-0.3, -0.25) is 4.79 Å². The lowest BCUT2D eigenvalue weighted by atomic mass is 9.74. The maximum Gasteiger partial charge on any atom is 0.224 e. The Hall–Kier alpha value is -1.79. The van der Waals surface area contributed by atoms with E-state index in [0.717, 1.165) is 12.0 Å². The van der Waals surface area contributed by atoms with Crippen molar-refractivity contribution in [2.75, 3.05) is 26.8 Å². The van der Waals surface area contributed by atoms with Gasteiger partial charge in [-0.05, 0) is 43.4 Å². The Labute approximate surface area is 155 Å². The molecule has 1 fully saturated rings. The van der Waals surface area contributed by atoms with E-state index in [-0.39, 0.29) is 36.0 Å². The Morgan fingerprint density at radius 2 is 2.12 bits per heavy atom. The number of carbonyl (C=O) groups excluding carboxylic acids is 1. The molecule has 1 aliphatic heterocycles. The van der Waals surface area contributed by atoms with Gasteiger partial charge in [0.15, 0.2) is 17.3 Å². The average Bonchev–Trinajstić information content (AvgIpc) is 2.92. The number of nitrogens with zero attached hydrogens (tertiary/aromatic N) is 1. The van der Waals surface area contributed by atoms with Crippen LogP contribution in [0.5, 0.6) is 11.5 Å². The summed E-state index contributed by atoms with van der Waals surface area (Å²) in [6.45, 7) is 8.87. The minimum atomic E-state index is -1.23. The highest BCUT2D eigenvalue weighted by Crippen LogP contribution is 2.46. The summed E-state index contributed by atoms with van der Waals surface area (Å²) < 4.78 is 10.4. The number of phenols is 1. The molecule has 1 amide bonds. The summed E-state index contributed by atoms with van der Waals surface area (Å²) in [5.41, 5.74) is 0.948. The van der Waals surface area contributed by atoms with Crippen LogP contribution in [0.1, 0.15) is 52.0 Å². The van der Waals surface area contributed by atoms with E-state index in [2.05, 4.69) is 13.8 Å². The van der Waals surface area contributed by atoms with Crippen LogP contribution in [0.3, 0.4) is 0 Å². The van der Waals surface area contributed by atoms with Crippen molar-refractivity contribution in [1.29, 1.82) is 0 Å². The molecule has 1 saturated heterocycles. The van der Waals surface area contributed by atoms with Crippen LogP contribution in [-0.2, 0) is 9.53 Å². The molecule has 0 radical (unpaired) electrons. The number of aliphatic hydroxyl groups is 1. The third-order valence-corrected chi connectivity index (χ3v) is 5.33. The number of ether oxygens (including phenoxy) is 2. The van der Waals surface area contributed by atoms with E-state index in [4.69, 9.17) is 9.47 Å². The number of methoxy groups -OCH3 is 1. The van der Waals surface area contributed by atoms with Crippen molar-refractivity contribution in [3.05, 3.63) is 23.8 Å². The third-order valence-electron chi connectivity index (χ3n) is 5.33. The fourth-order valence-electron chi connectivity index (χ4n) is 3.58. The standard InChI is InChI=1S/C20H31NO5/c1-6-20(4)13-21(18(23)9-10-26-19(2,3)24)12-15(20)14-7-8-17(25-5)16(22)11-14/h7-8,11,15,22,24H,6,9-10,12-13H2,1-5H3/t15-,20+/m0/s1. The van der Waals surface area contributed by atoms with Crippen LogP contribution in [-0.4, -0.2) is 53.6 Å². The van der Waals surface area contributed by atoms with Crippen molar-refractivity contribution < 1.29 is 24.5 Å². The summed E-state index contributed by atoms with van der Waals surface area (Å²) in [6, 6.07) is 5.47. The third kappa shape index (κ3) is 4.68. The first-order chi connectivity index (χ1) is 12.1. The van der Waals surface area contributed by atoms with Gasteiger partial charge >= 0.3 is 0 Å². The van der Waals surface area contributed by atoms with Crippen LogP contribution in [0, 0.1) is 5.41 Å². The first kappa shape index (κ1) is 20.5. The molecule has 6 heteroatoms. The molecule has 0 aromatic heterocycles. The summed E-state index contributed by atoms with van der Waals surface area (Å²) in [7, 11) is 1.52. The zero-order chi connectivity index (χ0) is 19.5. The second-order valence-electron chi connectivity index (χ2n) is 7.81. The van der Waals surface area contributed by atoms with E-state index in [1.165, 1.54) is 7.11 Å². The van der Waals surface area contributed by atoms with Crippen LogP contribution in [0.15, 0.2) is 18.2 Å². The summed E-state index contributed by atoms with van der Waals surface area (Å²) in [5.74, 6) is -0.502. The second kappa shape index (κ2) is 7.84. The molecule has 1 aromatic carbocycles. The maximum absolute atomic E-state index is 12.6. The molecule has 1 aliphatic rings. The van der Waals surface area contributed by atoms with Gasteiger partial charge in [0.25, 0.3) is 0 Å². The van der Waals surface area contributed by atoms with Gasteiger partial charge in [0, 0.05) is 19.0 Å². The zero-order valence-corrected chi connectivity index (χ0v) is 16.4. The first-order valence-corrected chi connectivity index (χ1v) is 9.10. The quantitative estimate of drug-likeness (QED) is 0.727. The van der Waals surface area contributed by atoms with Crippen molar-refractivity contribution in [3.8, 4) is 11.5 Å². The van der Waals surface area contributed by atoms with Gasteiger partial charge in [-0.25, -0.2) is 0 Å². The highest BCUT2D eigenvalue weighted by molar-refractivity contribution is 5.77. The van der Waals surface area contributed by atoms with Gasteiger partial charge < -0.3 is 24.6 Å². The Morgan fingerprint density at radius 1 is 1.42 bits per heavy atom. The van der Waals surface area contributed by atoms with Gasteiger partial charge in [-0.2, -0.15) is 0 Å². The fraction of sp³-hybridized carbons (Fsp3) is 0.650. The van der Waals surface area contributed by atoms with Crippen LogP contribution < -0.4 is 4.74 Å². The number of amides is 1. The van der Waals surface area contributed by atoms with E-state index < -0.39 is 5.79 Å². The lowest BCUT2D eigenvalue weighted by Crippen LogP contribution is -2.33. The van der Waals surface area contributed by atoms with E-state index >= 15 is 0 Å². The monoisotopic (exact) mass is 365 g/mol. The van der Waals surface area contributed by atoms with Crippen LogP contribution in [0.2, 0.25) is 0 Å². The van der Waals surface area contributed by atoms with Gasteiger partial charge in [0.05, 0.1) is 20.1 Å². The normalized spacial score (nSPS) is 23.3. The minimum Gasteiger partial charge on any atom is -0.504 e. The number of phenolic OH excluding ortho intramolecular Hbond substituents is 1. The number of benzene rings is 1. The van der Waals surface area contributed by atoms with Crippen molar-refractivity contribution in [2.24, 2.45) is 5.41 Å². The molecule has 1 heterocycles. The van der Waals surface area contributed by atoms with E-state index in [9.17, 15) is 15.0 Å². The molecule has 2 atom stereocenters. The Bertz CT molecular complexity index is 640. The maximum atomic E-state index is 12.6. The Morgan fingerprint density at radius 3 is 2.65 bits per heavy atom. The van der Waals surface area contributed by atoms with Gasteiger partial charge in [-0.1, -0.05) is 19.9 Å².